The van der Waals surface area contributed by atoms with Crippen molar-refractivity contribution in [3.05, 3.63) is 34.9 Å². The lowest BCUT2D eigenvalue weighted by Gasteiger charge is -2.26. The quantitative estimate of drug-likeness (QED) is 0.825. The molecular formula is C14H22ClN. The Bertz CT molecular complexity index is 322. The van der Waals surface area contributed by atoms with E-state index in [-0.39, 0.29) is 0 Å². The molecule has 0 spiro atoms. The van der Waals surface area contributed by atoms with Crippen molar-refractivity contribution in [1.29, 1.82) is 0 Å². The van der Waals surface area contributed by atoms with Gasteiger partial charge in [0, 0.05) is 11.1 Å². The van der Waals surface area contributed by atoms with Gasteiger partial charge in [0.2, 0.25) is 0 Å². The summed E-state index contributed by atoms with van der Waals surface area (Å²) in [5.41, 5.74) is 1.30. The van der Waals surface area contributed by atoms with E-state index in [2.05, 4.69) is 38.2 Å². The summed E-state index contributed by atoms with van der Waals surface area (Å²) in [6.45, 7) is 6.84. The summed E-state index contributed by atoms with van der Waals surface area (Å²) in [5.74, 6) is 1.35. The first-order valence-electron chi connectivity index (χ1n) is 5.96. The highest BCUT2D eigenvalue weighted by molar-refractivity contribution is 6.30. The third-order valence-electron chi connectivity index (χ3n) is 3.40. The van der Waals surface area contributed by atoms with Crippen molar-refractivity contribution in [2.45, 2.75) is 33.2 Å². The van der Waals surface area contributed by atoms with Gasteiger partial charge in [-0.3, -0.25) is 0 Å². The Hall–Kier alpha value is -0.530. The predicted molar refractivity (Wildman–Crippen MR) is 72.0 cm³/mol. The standard InChI is InChI=1S/C14H22ClN/c1-10(2)11(3)14(16-4)9-12-6-5-7-13(15)8-12/h5-8,10-11,14,16H,9H2,1-4H3. The number of benzene rings is 1. The highest BCUT2D eigenvalue weighted by Gasteiger charge is 2.18. The average molecular weight is 240 g/mol. The van der Waals surface area contributed by atoms with Crippen LogP contribution < -0.4 is 5.32 Å². The summed E-state index contributed by atoms with van der Waals surface area (Å²) in [4.78, 5) is 0. The minimum Gasteiger partial charge on any atom is -0.316 e. The molecule has 1 aromatic rings. The number of nitrogens with one attached hydrogen (secondary N) is 1. The summed E-state index contributed by atoms with van der Waals surface area (Å²) in [5, 5.41) is 4.23. The molecule has 2 unspecified atom stereocenters. The van der Waals surface area contributed by atoms with Crippen LogP contribution >= 0.6 is 11.6 Å². The Kier molecular flexibility index (Phi) is 5.30. The Morgan fingerprint density at radius 1 is 1.25 bits per heavy atom. The molecule has 1 N–H and O–H groups in total. The van der Waals surface area contributed by atoms with Crippen molar-refractivity contribution < 1.29 is 0 Å². The van der Waals surface area contributed by atoms with Crippen LogP contribution in [0.2, 0.25) is 5.02 Å². The van der Waals surface area contributed by atoms with E-state index in [9.17, 15) is 0 Å². The molecule has 0 aliphatic rings. The van der Waals surface area contributed by atoms with E-state index in [0.29, 0.717) is 17.9 Å². The highest BCUT2D eigenvalue weighted by atomic mass is 35.5. The summed E-state index contributed by atoms with van der Waals surface area (Å²) in [7, 11) is 2.04. The number of rotatable bonds is 5. The van der Waals surface area contributed by atoms with Crippen LogP contribution in [-0.4, -0.2) is 13.1 Å². The van der Waals surface area contributed by atoms with Gasteiger partial charge in [0.15, 0.2) is 0 Å². The first-order chi connectivity index (χ1) is 7.54. The van der Waals surface area contributed by atoms with Gasteiger partial charge < -0.3 is 5.32 Å². The zero-order valence-corrected chi connectivity index (χ0v) is 11.4. The van der Waals surface area contributed by atoms with Crippen LogP contribution in [-0.2, 0) is 6.42 Å². The molecule has 2 atom stereocenters. The van der Waals surface area contributed by atoms with E-state index >= 15 is 0 Å². The second kappa shape index (κ2) is 6.27. The van der Waals surface area contributed by atoms with Crippen molar-refractivity contribution in [2.24, 2.45) is 11.8 Å². The maximum absolute atomic E-state index is 5.99. The molecule has 16 heavy (non-hydrogen) atoms. The van der Waals surface area contributed by atoms with Gasteiger partial charge in [-0.15, -0.1) is 0 Å². The van der Waals surface area contributed by atoms with Gasteiger partial charge >= 0.3 is 0 Å². The lowest BCUT2D eigenvalue weighted by atomic mass is 9.87. The Morgan fingerprint density at radius 2 is 1.94 bits per heavy atom. The lowest BCUT2D eigenvalue weighted by Crippen LogP contribution is -2.36. The Balaban J connectivity index is 2.70. The van der Waals surface area contributed by atoms with E-state index in [1.54, 1.807) is 0 Å². The van der Waals surface area contributed by atoms with Gasteiger partial charge in [-0.2, -0.15) is 0 Å². The predicted octanol–water partition coefficient (Wildman–Crippen LogP) is 3.76. The highest BCUT2D eigenvalue weighted by Crippen LogP contribution is 2.19. The molecule has 0 saturated heterocycles. The molecule has 2 heteroatoms. The summed E-state index contributed by atoms with van der Waals surface area (Å²) in [6, 6.07) is 8.65. The van der Waals surface area contributed by atoms with Crippen LogP contribution in [0.4, 0.5) is 0 Å². The van der Waals surface area contributed by atoms with Crippen molar-refractivity contribution in [3.63, 3.8) is 0 Å². The van der Waals surface area contributed by atoms with Crippen LogP contribution in [0.15, 0.2) is 24.3 Å². The number of hydrogen-bond donors (Lipinski definition) is 1. The molecule has 0 aliphatic carbocycles. The molecule has 0 radical (unpaired) electrons. The van der Waals surface area contributed by atoms with E-state index in [1.807, 2.05) is 19.2 Å². The normalized spacial score (nSPS) is 15.1. The minimum atomic E-state index is 0.512. The van der Waals surface area contributed by atoms with Crippen LogP contribution in [0.1, 0.15) is 26.3 Å². The van der Waals surface area contributed by atoms with E-state index in [4.69, 9.17) is 11.6 Å². The molecule has 0 saturated carbocycles. The maximum atomic E-state index is 5.99. The van der Waals surface area contributed by atoms with Crippen molar-refractivity contribution in [2.75, 3.05) is 7.05 Å². The Labute approximate surface area is 104 Å². The van der Waals surface area contributed by atoms with Gasteiger partial charge in [-0.05, 0) is 43.0 Å². The Morgan fingerprint density at radius 3 is 2.44 bits per heavy atom. The number of halogens is 1. The van der Waals surface area contributed by atoms with Crippen molar-refractivity contribution in [1.82, 2.24) is 5.32 Å². The van der Waals surface area contributed by atoms with Crippen LogP contribution in [0, 0.1) is 11.8 Å². The van der Waals surface area contributed by atoms with Gasteiger partial charge in [0.1, 0.15) is 0 Å². The van der Waals surface area contributed by atoms with E-state index in [0.717, 1.165) is 11.4 Å². The fourth-order valence-corrected chi connectivity index (χ4v) is 2.15. The van der Waals surface area contributed by atoms with Gasteiger partial charge in [0.25, 0.3) is 0 Å². The first kappa shape index (κ1) is 13.5. The van der Waals surface area contributed by atoms with Crippen molar-refractivity contribution in [3.8, 4) is 0 Å². The number of hydrogen-bond acceptors (Lipinski definition) is 1. The zero-order chi connectivity index (χ0) is 12.1. The molecule has 0 aliphatic heterocycles. The molecule has 1 aromatic carbocycles. The molecular weight excluding hydrogens is 218 g/mol. The third-order valence-corrected chi connectivity index (χ3v) is 3.64. The molecule has 1 rings (SSSR count). The number of likely N-dealkylation sites (N-methyl/N-ethyl adjacent to an activating group) is 1. The zero-order valence-electron chi connectivity index (χ0n) is 10.6. The molecule has 0 fully saturated rings. The molecule has 0 bridgehead atoms. The smallest absolute Gasteiger partial charge is 0.0408 e. The topological polar surface area (TPSA) is 12.0 Å². The third kappa shape index (κ3) is 3.80. The molecule has 1 nitrogen and oxygen atoms in total. The van der Waals surface area contributed by atoms with Crippen molar-refractivity contribution >= 4 is 11.6 Å². The van der Waals surface area contributed by atoms with Crippen LogP contribution in [0.25, 0.3) is 0 Å². The summed E-state index contributed by atoms with van der Waals surface area (Å²) in [6.07, 6.45) is 1.04. The second-order valence-electron chi connectivity index (χ2n) is 4.83. The van der Waals surface area contributed by atoms with Gasteiger partial charge in [-0.1, -0.05) is 44.5 Å². The average Bonchev–Trinajstić information content (AvgIpc) is 2.25. The summed E-state index contributed by atoms with van der Waals surface area (Å²) < 4.78 is 0. The van der Waals surface area contributed by atoms with Crippen LogP contribution in [0.5, 0.6) is 0 Å². The summed E-state index contributed by atoms with van der Waals surface area (Å²) >= 11 is 5.99. The SMILES string of the molecule is CNC(Cc1cccc(Cl)c1)C(C)C(C)C. The molecule has 90 valence electrons. The first-order valence-corrected chi connectivity index (χ1v) is 6.34. The molecule has 0 heterocycles. The monoisotopic (exact) mass is 239 g/mol. The largest absolute Gasteiger partial charge is 0.316 e. The van der Waals surface area contributed by atoms with Gasteiger partial charge in [-0.25, -0.2) is 0 Å². The van der Waals surface area contributed by atoms with E-state index < -0.39 is 0 Å². The second-order valence-corrected chi connectivity index (χ2v) is 5.27. The van der Waals surface area contributed by atoms with Gasteiger partial charge in [0.05, 0.1) is 0 Å². The maximum Gasteiger partial charge on any atom is 0.0408 e. The fraction of sp³-hybridized carbons (Fsp3) is 0.571. The fourth-order valence-electron chi connectivity index (χ4n) is 1.93. The minimum absolute atomic E-state index is 0.512. The molecule has 0 amide bonds. The lowest BCUT2D eigenvalue weighted by molar-refractivity contribution is 0.310. The molecule has 0 aromatic heterocycles. The van der Waals surface area contributed by atoms with E-state index in [1.165, 1.54) is 5.56 Å². The van der Waals surface area contributed by atoms with Crippen LogP contribution in [0.3, 0.4) is 0 Å².